The van der Waals surface area contributed by atoms with Crippen LogP contribution in [0.5, 0.6) is 0 Å². The molecule has 0 aliphatic heterocycles. The van der Waals surface area contributed by atoms with E-state index in [1.165, 1.54) is 83.4 Å². The maximum Gasteiger partial charge on any atom is 0.0541 e. The molecule has 2 heteroatoms. The molecule has 9 rings (SSSR count). The van der Waals surface area contributed by atoms with Crippen LogP contribution >= 0.6 is 0 Å². The van der Waals surface area contributed by atoms with Gasteiger partial charge in [-0.2, -0.15) is 0 Å². The quantitative estimate of drug-likeness (QED) is 0.184. The third kappa shape index (κ3) is 4.70. The minimum Gasteiger partial charge on any atom is -0.310 e. The Labute approximate surface area is 288 Å². The molecule has 0 saturated carbocycles. The molecule has 1 aromatic heterocycles. The van der Waals surface area contributed by atoms with Gasteiger partial charge >= 0.3 is 0 Å². The first-order valence-electron chi connectivity index (χ1n) is 17.2. The van der Waals surface area contributed by atoms with Crippen molar-refractivity contribution in [3.05, 3.63) is 180 Å². The Morgan fingerprint density at radius 1 is 0.449 bits per heavy atom. The van der Waals surface area contributed by atoms with Gasteiger partial charge in [0, 0.05) is 38.9 Å². The van der Waals surface area contributed by atoms with Gasteiger partial charge in [-0.1, -0.05) is 111 Å². The first kappa shape index (κ1) is 29.3. The van der Waals surface area contributed by atoms with Crippen LogP contribution in [0.1, 0.15) is 36.1 Å². The van der Waals surface area contributed by atoms with Gasteiger partial charge in [0.05, 0.1) is 11.0 Å². The molecule has 0 bridgehead atoms. The summed E-state index contributed by atoms with van der Waals surface area (Å²) in [5.41, 5.74) is 17.3. The van der Waals surface area contributed by atoms with Gasteiger partial charge in [0.1, 0.15) is 0 Å². The average molecular weight is 631 g/mol. The van der Waals surface area contributed by atoms with Gasteiger partial charge in [0.25, 0.3) is 0 Å². The predicted octanol–water partition coefficient (Wildman–Crippen LogP) is 12.8. The van der Waals surface area contributed by atoms with Crippen LogP contribution in [0.4, 0.5) is 17.1 Å². The zero-order chi connectivity index (χ0) is 33.3. The molecule has 236 valence electrons. The molecule has 0 atom stereocenters. The van der Waals surface area contributed by atoms with Gasteiger partial charge in [0.2, 0.25) is 0 Å². The van der Waals surface area contributed by atoms with Gasteiger partial charge in [-0.15, -0.1) is 0 Å². The van der Waals surface area contributed by atoms with Crippen LogP contribution in [-0.2, 0) is 5.41 Å². The van der Waals surface area contributed by atoms with Crippen molar-refractivity contribution in [1.82, 2.24) is 4.57 Å². The van der Waals surface area contributed by atoms with E-state index in [1.807, 2.05) is 0 Å². The molecule has 2 nitrogen and oxygen atoms in total. The maximum atomic E-state index is 2.43. The highest BCUT2D eigenvalue weighted by Gasteiger charge is 2.36. The van der Waals surface area contributed by atoms with Gasteiger partial charge in [-0.3, -0.25) is 0 Å². The zero-order valence-corrected chi connectivity index (χ0v) is 28.4. The number of aromatic nitrogens is 1. The van der Waals surface area contributed by atoms with Crippen LogP contribution in [0.15, 0.2) is 158 Å². The number of fused-ring (bicyclic) bond motifs is 6. The number of benzene rings is 7. The molecule has 8 aromatic rings. The molecular formula is C47H38N2. The third-order valence-corrected chi connectivity index (χ3v) is 10.4. The van der Waals surface area contributed by atoms with Crippen molar-refractivity contribution in [2.45, 2.75) is 33.1 Å². The lowest BCUT2D eigenvalue weighted by Crippen LogP contribution is -2.17. The molecule has 1 heterocycles. The fraction of sp³-hybridized carbons (Fsp3) is 0.106. The minimum absolute atomic E-state index is 0.180. The van der Waals surface area contributed by atoms with Crippen molar-refractivity contribution in [2.75, 3.05) is 4.90 Å². The number of hydrogen-bond donors (Lipinski definition) is 0. The van der Waals surface area contributed by atoms with Gasteiger partial charge in [-0.05, 0) is 119 Å². The summed E-state index contributed by atoms with van der Waals surface area (Å²) in [6.07, 6.45) is 0. The molecule has 0 fully saturated rings. The summed E-state index contributed by atoms with van der Waals surface area (Å²) in [6, 6.07) is 58.1. The Hall–Kier alpha value is -5.86. The highest BCUT2D eigenvalue weighted by molar-refractivity contribution is 6.09. The Kier molecular flexibility index (Phi) is 6.64. The highest BCUT2D eigenvalue weighted by Crippen LogP contribution is 2.51. The zero-order valence-electron chi connectivity index (χ0n) is 28.4. The second-order valence-corrected chi connectivity index (χ2v) is 14.0. The van der Waals surface area contributed by atoms with E-state index in [0.717, 1.165) is 5.69 Å². The Bertz CT molecular complexity index is 2460. The van der Waals surface area contributed by atoms with E-state index in [-0.39, 0.29) is 5.41 Å². The van der Waals surface area contributed by atoms with Crippen molar-refractivity contribution in [3.8, 4) is 27.9 Å². The molecule has 49 heavy (non-hydrogen) atoms. The summed E-state index contributed by atoms with van der Waals surface area (Å²) in [7, 11) is 0. The Morgan fingerprint density at radius 2 is 0.980 bits per heavy atom. The fourth-order valence-electron chi connectivity index (χ4n) is 8.15. The standard InChI is InChI=1S/C47H38N2/c1-31-26-32(2)28-38(27-31)48(35-20-18-34(19-21-35)33-12-6-5-7-13-33)36-22-24-39-40-25-23-37(30-44(40)47(3,4)43(39)29-36)49-45-16-10-8-14-41(45)42-15-9-11-17-46(42)49/h5-30H,1-4H3. The van der Waals surface area contributed by atoms with Gasteiger partial charge in [0.15, 0.2) is 0 Å². The molecule has 0 unspecified atom stereocenters. The lowest BCUT2D eigenvalue weighted by Gasteiger charge is -2.29. The molecular weight excluding hydrogens is 593 g/mol. The predicted molar refractivity (Wildman–Crippen MR) is 208 cm³/mol. The Morgan fingerprint density at radius 3 is 1.63 bits per heavy atom. The normalized spacial score (nSPS) is 13.1. The molecule has 7 aromatic carbocycles. The second-order valence-electron chi connectivity index (χ2n) is 14.0. The number of para-hydroxylation sites is 2. The van der Waals surface area contributed by atoms with Crippen molar-refractivity contribution in [2.24, 2.45) is 0 Å². The van der Waals surface area contributed by atoms with E-state index in [9.17, 15) is 0 Å². The van der Waals surface area contributed by atoms with Crippen LogP contribution < -0.4 is 4.90 Å². The Balaban J connectivity index is 1.17. The summed E-state index contributed by atoms with van der Waals surface area (Å²) in [6.45, 7) is 9.13. The lowest BCUT2D eigenvalue weighted by molar-refractivity contribution is 0.660. The van der Waals surface area contributed by atoms with Crippen molar-refractivity contribution in [1.29, 1.82) is 0 Å². The second kappa shape index (κ2) is 11.1. The SMILES string of the molecule is Cc1cc(C)cc(N(c2ccc(-c3ccccc3)cc2)c2ccc3c(c2)C(C)(C)c2cc(-n4c5ccccc5c5ccccc54)ccc2-3)c1. The van der Waals surface area contributed by atoms with E-state index < -0.39 is 0 Å². The van der Waals surface area contributed by atoms with E-state index >= 15 is 0 Å². The number of rotatable bonds is 5. The van der Waals surface area contributed by atoms with Gasteiger partial charge < -0.3 is 9.47 Å². The molecule has 1 aliphatic rings. The van der Waals surface area contributed by atoms with E-state index in [1.54, 1.807) is 0 Å². The average Bonchev–Trinajstić information content (AvgIpc) is 3.57. The maximum absolute atomic E-state index is 2.43. The first-order chi connectivity index (χ1) is 23.9. The van der Waals surface area contributed by atoms with Crippen LogP contribution in [0.2, 0.25) is 0 Å². The van der Waals surface area contributed by atoms with Crippen LogP contribution in [0, 0.1) is 13.8 Å². The van der Waals surface area contributed by atoms with Gasteiger partial charge in [-0.25, -0.2) is 0 Å². The van der Waals surface area contributed by atoms with Crippen molar-refractivity contribution in [3.63, 3.8) is 0 Å². The number of hydrogen-bond acceptors (Lipinski definition) is 1. The van der Waals surface area contributed by atoms with E-state index in [2.05, 4.69) is 195 Å². The largest absolute Gasteiger partial charge is 0.310 e. The summed E-state index contributed by atoms with van der Waals surface area (Å²) < 4.78 is 2.43. The molecule has 0 radical (unpaired) electrons. The van der Waals surface area contributed by atoms with E-state index in [4.69, 9.17) is 0 Å². The van der Waals surface area contributed by atoms with Crippen molar-refractivity contribution < 1.29 is 0 Å². The fourth-order valence-corrected chi connectivity index (χ4v) is 8.15. The minimum atomic E-state index is -0.180. The molecule has 0 amide bonds. The van der Waals surface area contributed by atoms with Crippen LogP contribution in [-0.4, -0.2) is 4.57 Å². The summed E-state index contributed by atoms with van der Waals surface area (Å²) >= 11 is 0. The van der Waals surface area contributed by atoms with Crippen LogP contribution in [0.25, 0.3) is 49.7 Å². The summed E-state index contributed by atoms with van der Waals surface area (Å²) in [4.78, 5) is 2.41. The topological polar surface area (TPSA) is 8.17 Å². The lowest BCUT2D eigenvalue weighted by atomic mass is 9.82. The number of aryl methyl sites for hydroxylation is 2. The molecule has 0 N–H and O–H groups in total. The first-order valence-corrected chi connectivity index (χ1v) is 17.2. The molecule has 0 saturated heterocycles. The monoisotopic (exact) mass is 630 g/mol. The third-order valence-electron chi connectivity index (χ3n) is 10.4. The summed E-state index contributed by atoms with van der Waals surface area (Å²) in [5, 5.41) is 2.57. The summed E-state index contributed by atoms with van der Waals surface area (Å²) in [5.74, 6) is 0. The smallest absolute Gasteiger partial charge is 0.0541 e. The van der Waals surface area contributed by atoms with Crippen molar-refractivity contribution >= 4 is 38.9 Å². The number of nitrogens with zero attached hydrogens (tertiary/aromatic N) is 2. The van der Waals surface area contributed by atoms with E-state index in [0.29, 0.717) is 0 Å². The molecule has 1 aliphatic carbocycles. The highest BCUT2D eigenvalue weighted by atomic mass is 15.1. The number of anilines is 3. The van der Waals surface area contributed by atoms with Crippen LogP contribution in [0.3, 0.4) is 0 Å². The molecule has 0 spiro atoms.